The molecule has 0 aromatic heterocycles. The summed E-state index contributed by atoms with van der Waals surface area (Å²) in [7, 11) is 0. The Morgan fingerprint density at radius 2 is 2.18 bits per heavy atom. The zero-order valence-electron chi connectivity index (χ0n) is 6.47. The molecule has 0 amide bonds. The van der Waals surface area contributed by atoms with Crippen LogP contribution in [0.15, 0.2) is 22.0 Å². The molecule has 2 bridgehead atoms. The summed E-state index contributed by atoms with van der Waals surface area (Å²) in [4.78, 5) is 2.94. The lowest BCUT2D eigenvalue weighted by Gasteiger charge is -2.16. The molecule has 0 aromatic carbocycles. The van der Waals surface area contributed by atoms with Crippen LogP contribution >= 0.6 is 11.8 Å². The van der Waals surface area contributed by atoms with Gasteiger partial charge in [0.1, 0.15) is 0 Å². The first-order chi connectivity index (χ1) is 5.34. The Morgan fingerprint density at radius 3 is 3.00 bits per heavy atom. The maximum absolute atomic E-state index is 4.00. The van der Waals surface area contributed by atoms with E-state index in [0.717, 1.165) is 11.8 Å². The van der Waals surface area contributed by atoms with Crippen molar-refractivity contribution in [2.24, 2.45) is 11.8 Å². The fourth-order valence-corrected chi connectivity index (χ4v) is 3.81. The van der Waals surface area contributed by atoms with Gasteiger partial charge in [-0.05, 0) is 12.3 Å². The molecule has 1 aliphatic heterocycles. The first-order valence-electron chi connectivity index (χ1n) is 4.30. The van der Waals surface area contributed by atoms with Crippen molar-refractivity contribution in [3.8, 4) is 0 Å². The molecular weight excluding hydrogens is 152 g/mol. The molecule has 3 aliphatic rings. The van der Waals surface area contributed by atoms with Gasteiger partial charge in [0.2, 0.25) is 0 Å². The first-order valence-corrected chi connectivity index (χ1v) is 5.12. The molecule has 2 aliphatic carbocycles. The van der Waals surface area contributed by atoms with E-state index in [2.05, 4.69) is 13.0 Å². The van der Waals surface area contributed by atoms with Crippen molar-refractivity contribution in [3.05, 3.63) is 28.4 Å². The number of thioether (sulfide) groups is 1. The third-order valence-electron chi connectivity index (χ3n) is 3.09. The molecule has 1 heterocycles. The zero-order valence-corrected chi connectivity index (χ0v) is 7.29. The molecule has 0 spiro atoms. The molecule has 1 heteroatoms. The van der Waals surface area contributed by atoms with E-state index in [1.165, 1.54) is 24.2 Å². The molecule has 0 N–H and O–H groups in total. The minimum Gasteiger partial charge on any atom is -0.189 e. The Kier molecular flexibility index (Phi) is 1.07. The molecule has 3 rings (SSSR count). The SMILES string of the molecule is C=C1[CH-]C2=C(S1)C1CCC2C1. The topological polar surface area (TPSA) is 0 Å². The van der Waals surface area contributed by atoms with E-state index in [-0.39, 0.29) is 0 Å². The largest absolute Gasteiger partial charge is 0.189 e. The highest BCUT2D eigenvalue weighted by Crippen LogP contribution is 2.59. The number of hydrogen-bond acceptors (Lipinski definition) is 1. The van der Waals surface area contributed by atoms with Gasteiger partial charge in [-0.25, -0.2) is 0 Å². The van der Waals surface area contributed by atoms with Gasteiger partial charge in [0.15, 0.2) is 0 Å². The molecule has 1 fully saturated rings. The highest BCUT2D eigenvalue weighted by atomic mass is 32.2. The van der Waals surface area contributed by atoms with Gasteiger partial charge in [0.25, 0.3) is 0 Å². The zero-order chi connectivity index (χ0) is 7.42. The normalized spacial score (nSPS) is 39.8. The second-order valence-electron chi connectivity index (χ2n) is 3.74. The quantitative estimate of drug-likeness (QED) is 0.494. The van der Waals surface area contributed by atoms with E-state index >= 15 is 0 Å². The van der Waals surface area contributed by atoms with Crippen LogP contribution in [-0.4, -0.2) is 0 Å². The van der Waals surface area contributed by atoms with E-state index in [0.29, 0.717) is 0 Å². The van der Waals surface area contributed by atoms with Crippen molar-refractivity contribution < 1.29 is 0 Å². The molecule has 1 saturated carbocycles. The Morgan fingerprint density at radius 1 is 1.36 bits per heavy atom. The molecule has 2 unspecified atom stereocenters. The molecular formula is C10H11S-. The molecule has 0 nitrogen and oxygen atoms in total. The van der Waals surface area contributed by atoms with E-state index in [1.807, 2.05) is 11.8 Å². The van der Waals surface area contributed by atoms with Crippen LogP contribution in [0.2, 0.25) is 0 Å². The Hall–Kier alpha value is -0.300. The van der Waals surface area contributed by atoms with Gasteiger partial charge in [0.05, 0.1) is 0 Å². The lowest BCUT2D eigenvalue weighted by atomic mass is 9.96. The third-order valence-corrected chi connectivity index (χ3v) is 4.25. The second kappa shape index (κ2) is 1.89. The monoisotopic (exact) mass is 163 g/mol. The maximum atomic E-state index is 4.00. The van der Waals surface area contributed by atoms with Crippen LogP contribution in [0.5, 0.6) is 0 Å². The van der Waals surface area contributed by atoms with Crippen LogP contribution in [-0.2, 0) is 0 Å². The van der Waals surface area contributed by atoms with Gasteiger partial charge in [0, 0.05) is 0 Å². The summed E-state index contributed by atoms with van der Waals surface area (Å²) in [6, 6.07) is 0. The number of allylic oxidation sites excluding steroid dienone is 3. The summed E-state index contributed by atoms with van der Waals surface area (Å²) in [6.07, 6.45) is 6.64. The molecule has 11 heavy (non-hydrogen) atoms. The van der Waals surface area contributed by atoms with Gasteiger partial charge in [-0.2, -0.15) is 24.8 Å². The summed E-state index contributed by atoms with van der Waals surface area (Å²) < 4.78 is 0. The molecule has 0 radical (unpaired) electrons. The van der Waals surface area contributed by atoms with Crippen molar-refractivity contribution in [1.82, 2.24) is 0 Å². The molecule has 0 aromatic rings. The van der Waals surface area contributed by atoms with E-state index < -0.39 is 0 Å². The Balaban J connectivity index is 2.03. The second-order valence-corrected chi connectivity index (χ2v) is 4.91. The van der Waals surface area contributed by atoms with Crippen LogP contribution in [0.3, 0.4) is 0 Å². The van der Waals surface area contributed by atoms with Crippen LogP contribution in [0.1, 0.15) is 19.3 Å². The molecule has 0 saturated heterocycles. The fourth-order valence-electron chi connectivity index (χ4n) is 2.61. The van der Waals surface area contributed by atoms with Crippen molar-refractivity contribution in [2.45, 2.75) is 19.3 Å². The Labute approximate surface area is 71.8 Å². The lowest BCUT2D eigenvalue weighted by molar-refractivity contribution is 0.665. The van der Waals surface area contributed by atoms with E-state index in [9.17, 15) is 0 Å². The fraction of sp³-hybridized carbons (Fsp3) is 0.500. The summed E-state index contributed by atoms with van der Waals surface area (Å²) >= 11 is 1.93. The average Bonchev–Trinajstić information content (AvgIpc) is 2.53. The molecule has 2 atom stereocenters. The molecule has 58 valence electrons. The summed E-state index contributed by atoms with van der Waals surface area (Å²) in [5.41, 5.74) is 1.65. The summed E-state index contributed by atoms with van der Waals surface area (Å²) in [6.45, 7) is 4.00. The number of fused-ring (bicyclic) bond motifs is 4. The predicted molar refractivity (Wildman–Crippen MR) is 48.9 cm³/mol. The van der Waals surface area contributed by atoms with Crippen molar-refractivity contribution in [1.29, 1.82) is 0 Å². The minimum absolute atomic E-state index is 0.918. The smallest absolute Gasteiger partial charge is 0.0382 e. The van der Waals surface area contributed by atoms with Gasteiger partial charge in [-0.15, -0.1) is 15.4 Å². The van der Waals surface area contributed by atoms with Crippen LogP contribution < -0.4 is 0 Å². The van der Waals surface area contributed by atoms with Crippen molar-refractivity contribution in [3.63, 3.8) is 0 Å². The standard InChI is InChI=1S/C10H11S/c1-6-4-9-7-2-3-8(5-7)10(9)11-6/h4,7-8H,1-3,5H2/q-1. The van der Waals surface area contributed by atoms with Crippen LogP contribution in [0, 0.1) is 18.3 Å². The lowest BCUT2D eigenvalue weighted by Crippen LogP contribution is -1.96. The van der Waals surface area contributed by atoms with Crippen LogP contribution in [0.25, 0.3) is 0 Å². The van der Waals surface area contributed by atoms with Crippen molar-refractivity contribution in [2.75, 3.05) is 0 Å². The first kappa shape index (κ1) is 6.24. The minimum atomic E-state index is 0.918. The predicted octanol–water partition coefficient (Wildman–Crippen LogP) is 3.14. The van der Waals surface area contributed by atoms with Gasteiger partial charge >= 0.3 is 0 Å². The van der Waals surface area contributed by atoms with Crippen LogP contribution in [0.4, 0.5) is 0 Å². The highest BCUT2D eigenvalue weighted by molar-refractivity contribution is 8.07. The van der Waals surface area contributed by atoms with E-state index in [4.69, 9.17) is 0 Å². The van der Waals surface area contributed by atoms with Gasteiger partial charge < -0.3 is 0 Å². The van der Waals surface area contributed by atoms with E-state index in [1.54, 1.807) is 10.5 Å². The van der Waals surface area contributed by atoms with Gasteiger partial charge in [-0.1, -0.05) is 18.8 Å². The third kappa shape index (κ3) is 0.698. The average molecular weight is 163 g/mol. The summed E-state index contributed by atoms with van der Waals surface area (Å²) in [5.74, 6) is 1.84. The highest BCUT2D eigenvalue weighted by Gasteiger charge is 2.36. The maximum Gasteiger partial charge on any atom is -0.0382 e. The Bertz CT molecular complexity index is 238. The number of rotatable bonds is 0. The summed E-state index contributed by atoms with van der Waals surface area (Å²) in [5, 5.41) is 0. The van der Waals surface area contributed by atoms with Crippen molar-refractivity contribution >= 4 is 11.8 Å². The number of hydrogen-bond donors (Lipinski definition) is 0. The van der Waals surface area contributed by atoms with Gasteiger partial charge in [-0.3, -0.25) is 0 Å².